The van der Waals surface area contributed by atoms with Crippen molar-refractivity contribution in [3.05, 3.63) is 11.6 Å². The summed E-state index contributed by atoms with van der Waals surface area (Å²) in [5, 5.41) is 11.6. The van der Waals surface area contributed by atoms with Crippen molar-refractivity contribution in [2.24, 2.45) is 28.6 Å². The first kappa shape index (κ1) is 18.9. The van der Waals surface area contributed by atoms with E-state index in [4.69, 9.17) is 18.9 Å². The third kappa shape index (κ3) is 2.13. The van der Waals surface area contributed by atoms with Crippen LogP contribution in [0.15, 0.2) is 11.6 Å². The second-order valence-electron chi connectivity index (χ2n) is 10.7. The van der Waals surface area contributed by atoms with Crippen LogP contribution in [-0.4, -0.2) is 48.6 Å². The molecular formula is C23H32O6. The number of ketones is 1. The summed E-state index contributed by atoms with van der Waals surface area (Å²) in [5.41, 5.74) is 0.423. The molecule has 6 aliphatic rings. The molecule has 2 aliphatic heterocycles. The first-order valence-corrected chi connectivity index (χ1v) is 11.3. The molecule has 8 atom stereocenters. The van der Waals surface area contributed by atoms with E-state index >= 15 is 0 Å². The minimum atomic E-state index is -0.843. The Labute approximate surface area is 171 Å². The maximum atomic E-state index is 12.1. The van der Waals surface area contributed by atoms with E-state index in [0.29, 0.717) is 31.3 Å². The number of carbonyl (C=O) groups excluding carboxylic acids is 1. The number of allylic oxidation sites excluding steroid dienone is 1. The van der Waals surface area contributed by atoms with Crippen LogP contribution in [0.25, 0.3) is 0 Å². The first-order chi connectivity index (χ1) is 13.9. The van der Waals surface area contributed by atoms with Crippen LogP contribution in [0.2, 0.25) is 0 Å². The smallest absolute Gasteiger partial charge is 0.226 e. The van der Waals surface area contributed by atoms with Crippen LogP contribution in [0.4, 0.5) is 0 Å². The molecule has 0 bridgehead atoms. The van der Waals surface area contributed by atoms with Gasteiger partial charge in [-0.25, -0.2) is 0 Å². The van der Waals surface area contributed by atoms with Gasteiger partial charge in [-0.15, -0.1) is 0 Å². The third-order valence-corrected chi connectivity index (χ3v) is 9.90. The van der Waals surface area contributed by atoms with Crippen LogP contribution < -0.4 is 0 Å². The molecule has 2 spiro atoms. The lowest BCUT2D eigenvalue weighted by molar-refractivity contribution is -0.257. The highest BCUT2D eigenvalue weighted by atomic mass is 16.9. The van der Waals surface area contributed by atoms with E-state index in [1.807, 2.05) is 6.08 Å². The zero-order valence-electron chi connectivity index (χ0n) is 17.4. The minimum Gasteiger partial charge on any atom is -0.393 e. The molecule has 0 radical (unpaired) electrons. The molecule has 0 amide bonds. The highest BCUT2D eigenvalue weighted by molar-refractivity contribution is 5.91. The summed E-state index contributed by atoms with van der Waals surface area (Å²) < 4.78 is 24.1. The Balaban J connectivity index is 1.41. The topological polar surface area (TPSA) is 74.2 Å². The van der Waals surface area contributed by atoms with Crippen molar-refractivity contribution in [3.63, 3.8) is 0 Å². The number of aliphatic hydroxyl groups is 1. The lowest BCUT2D eigenvalue weighted by Crippen LogP contribution is -2.66. The monoisotopic (exact) mass is 404 g/mol. The van der Waals surface area contributed by atoms with Gasteiger partial charge in [-0.05, 0) is 67.8 Å². The number of hydrogen-bond donors (Lipinski definition) is 1. The number of carbonyl (C=O) groups is 1. The van der Waals surface area contributed by atoms with E-state index in [1.165, 1.54) is 5.57 Å². The van der Waals surface area contributed by atoms with Crippen LogP contribution >= 0.6 is 0 Å². The highest BCUT2D eigenvalue weighted by Gasteiger charge is 2.76. The van der Waals surface area contributed by atoms with Gasteiger partial charge in [0.05, 0.1) is 6.10 Å². The molecule has 0 unspecified atom stereocenters. The number of rotatable bonds is 0. The zero-order valence-corrected chi connectivity index (χ0v) is 17.4. The fourth-order valence-corrected chi connectivity index (χ4v) is 8.66. The molecule has 6 heteroatoms. The SMILES string of the molecule is C[C@]12CCC(=O)C=C1CC[C@@H]1[C@@H]2[C@H](O)C[C@@]2(C)[C@H]1CC[C@@]21OCO[C@]12COCO2. The Kier molecular flexibility index (Phi) is 3.86. The van der Waals surface area contributed by atoms with Crippen LogP contribution in [0.5, 0.6) is 0 Å². The second kappa shape index (κ2) is 5.92. The maximum Gasteiger partial charge on any atom is 0.226 e. The van der Waals surface area contributed by atoms with Gasteiger partial charge in [0.15, 0.2) is 19.4 Å². The lowest BCUT2D eigenvalue weighted by atomic mass is 9.45. The van der Waals surface area contributed by atoms with Crippen LogP contribution in [-0.2, 0) is 23.7 Å². The minimum absolute atomic E-state index is 0.0645. The van der Waals surface area contributed by atoms with Gasteiger partial charge in [0, 0.05) is 11.8 Å². The fraction of sp³-hybridized carbons (Fsp3) is 0.870. The number of aliphatic hydroxyl groups excluding tert-OH is 1. The van der Waals surface area contributed by atoms with Crippen LogP contribution in [0.1, 0.15) is 58.8 Å². The fourth-order valence-electron chi connectivity index (χ4n) is 8.66. The molecule has 6 nitrogen and oxygen atoms in total. The first-order valence-electron chi connectivity index (χ1n) is 11.3. The summed E-state index contributed by atoms with van der Waals surface area (Å²) in [6.45, 7) is 5.44. The Hall–Kier alpha value is -0.790. The summed E-state index contributed by atoms with van der Waals surface area (Å²) in [6, 6.07) is 0. The van der Waals surface area contributed by atoms with Crippen molar-refractivity contribution < 1.29 is 28.8 Å². The molecule has 2 saturated heterocycles. The van der Waals surface area contributed by atoms with Gasteiger partial charge in [-0.2, -0.15) is 0 Å². The highest BCUT2D eigenvalue weighted by Crippen LogP contribution is 2.71. The van der Waals surface area contributed by atoms with Gasteiger partial charge < -0.3 is 24.1 Å². The molecular weight excluding hydrogens is 372 g/mol. The van der Waals surface area contributed by atoms with E-state index < -0.39 is 17.5 Å². The number of hydrogen-bond acceptors (Lipinski definition) is 6. The Morgan fingerprint density at radius 2 is 1.90 bits per heavy atom. The summed E-state index contributed by atoms with van der Waals surface area (Å²) in [7, 11) is 0. The number of ether oxygens (including phenoxy) is 4. The predicted octanol–water partition coefficient (Wildman–Crippen LogP) is 2.93. The predicted molar refractivity (Wildman–Crippen MR) is 103 cm³/mol. The molecule has 0 aromatic heterocycles. The average molecular weight is 405 g/mol. The summed E-state index contributed by atoms with van der Waals surface area (Å²) >= 11 is 0. The van der Waals surface area contributed by atoms with Gasteiger partial charge >= 0.3 is 0 Å². The zero-order chi connectivity index (χ0) is 20.1. The van der Waals surface area contributed by atoms with Crippen molar-refractivity contribution in [1.29, 1.82) is 0 Å². The molecule has 1 N–H and O–H groups in total. The van der Waals surface area contributed by atoms with E-state index in [9.17, 15) is 9.90 Å². The number of fused-ring (bicyclic) bond motifs is 7. The Morgan fingerprint density at radius 3 is 2.69 bits per heavy atom. The summed E-state index contributed by atoms with van der Waals surface area (Å²) in [6.07, 6.45) is 7.58. The van der Waals surface area contributed by atoms with Gasteiger partial charge in [0.25, 0.3) is 0 Å². The van der Waals surface area contributed by atoms with Crippen LogP contribution in [0.3, 0.4) is 0 Å². The Morgan fingerprint density at radius 1 is 1.07 bits per heavy atom. The molecule has 2 heterocycles. The van der Waals surface area contributed by atoms with Gasteiger partial charge in [-0.3, -0.25) is 4.79 Å². The van der Waals surface area contributed by atoms with Crippen molar-refractivity contribution >= 4 is 5.78 Å². The molecule has 4 aliphatic carbocycles. The largest absolute Gasteiger partial charge is 0.393 e. The molecule has 29 heavy (non-hydrogen) atoms. The quantitative estimate of drug-likeness (QED) is 0.669. The van der Waals surface area contributed by atoms with Crippen molar-refractivity contribution in [3.8, 4) is 0 Å². The molecule has 3 saturated carbocycles. The standard InChI is InChI=1S/C23H32O6/c1-20-7-5-15(24)9-14(20)3-4-16-17-6-8-22(21(17,2)10-18(25)19(16)20)23(29-13-27-22)11-26-12-28-23/h9,16-19,25H,3-8,10-13H2,1-2H3/t16-,17-,18+,19+,20-,21-,22+,23+/m0/s1. The van der Waals surface area contributed by atoms with E-state index in [-0.39, 0.29) is 36.1 Å². The van der Waals surface area contributed by atoms with E-state index in [0.717, 1.165) is 32.1 Å². The maximum absolute atomic E-state index is 12.1. The molecule has 6 rings (SSSR count). The molecule has 0 aromatic carbocycles. The van der Waals surface area contributed by atoms with Gasteiger partial charge in [0.2, 0.25) is 5.79 Å². The third-order valence-electron chi connectivity index (χ3n) is 9.90. The average Bonchev–Trinajstić information content (AvgIpc) is 3.37. The van der Waals surface area contributed by atoms with Crippen LogP contribution in [0, 0.1) is 28.6 Å². The molecule has 160 valence electrons. The normalized spacial score (nSPS) is 56.4. The van der Waals surface area contributed by atoms with Gasteiger partial charge in [0.1, 0.15) is 12.2 Å². The lowest BCUT2D eigenvalue weighted by Gasteiger charge is -2.61. The summed E-state index contributed by atoms with van der Waals surface area (Å²) in [4.78, 5) is 12.1. The van der Waals surface area contributed by atoms with Crippen molar-refractivity contribution in [2.75, 3.05) is 20.2 Å². The van der Waals surface area contributed by atoms with E-state index in [1.54, 1.807) is 0 Å². The summed E-state index contributed by atoms with van der Waals surface area (Å²) in [5.74, 6) is 0.506. The van der Waals surface area contributed by atoms with Crippen molar-refractivity contribution in [1.82, 2.24) is 0 Å². The Bertz CT molecular complexity index is 766. The van der Waals surface area contributed by atoms with Gasteiger partial charge in [-0.1, -0.05) is 19.4 Å². The van der Waals surface area contributed by atoms with Crippen molar-refractivity contribution in [2.45, 2.75) is 76.3 Å². The second-order valence-corrected chi connectivity index (χ2v) is 10.7. The van der Waals surface area contributed by atoms with E-state index in [2.05, 4.69) is 13.8 Å². The molecule has 5 fully saturated rings. The molecule has 0 aromatic rings.